The van der Waals surface area contributed by atoms with Gasteiger partial charge < -0.3 is 19.3 Å². The highest BCUT2D eigenvalue weighted by Crippen LogP contribution is 2.34. The molecule has 2 unspecified atom stereocenters. The first-order valence-electron chi connectivity index (χ1n) is 7.52. The summed E-state index contributed by atoms with van der Waals surface area (Å²) in [5.74, 6) is 0. The van der Waals surface area contributed by atoms with Gasteiger partial charge in [-0.1, -0.05) is 12.1 Å². The van der Waals surface area contributed by atoms with Gasteiger partial charge in [-0.25, -0.2) is 0 Å². The summed E-state index contributed by atoms with van der Waals surface area (Å²) in [5, 5.41) is 0. The average Bonchev–Trinajstić information content (AvgIpc) is 2.61. The first-order chi connectivity index (χ1) is 9.75. The second-order valence-corrected chi connectivity index (χ2v) is 5.80. The van der Waals surface area contributed by atoms with Gasteiger partial charge in [0.25, 0.3) is 0 Å². The van der Waals surface area contributed by atoms with Crippen molar-refractivity contribution in [3.63, 3.8) is 0 Å². The number of benzene rings is 1. The molecule has 2 heterocycles. The highest BCUT2D eigenvalue weighted by molar-refractivity contribution is 5.72. The van der Waals surface area contributed by atoms with Gasteiger partial charge >= 0.3 is 0 Å². The van der Waals surface area contributed by atoms with Gasteiger partial charge in [-0.3, -0.25) is 0 Å². The van der Waals surface area contributed by atoms with Crippen molar-refractivity contribution in [3.05, 3.63) is 24.3 Å². The van der Waals surface area contributed by atoms with Gasteiger partial charge in [0.1, 0.15) is 6.79 Å². The van der Waals surface area contributed by atoms with Crippen LogP contribution in [-0.2, 0) is 9.47 Å². The van der Waals surface area contributed by atoms with Crippen molar-refractivity contribution in [1.29, 1.82) is 0 Å². The van der Waals surface area contributed by atoms with Gasteiger partial charge in [-0.05, 0) is 31.9 Å². The number of ether oxygens (including phenoxy) is 2. The minimum Gasteiger partial charge on any atom is -0.373 e. The van der Waals surface area contributed by atoms with Crippen LogP contribution in [-0.4, -0.2) is 45.7 Å². The lowest BCUT2D eigenvalue weighted by Crippen LogP contribution is -2.42. The molecule has 3 rings (SSSR count). The van der Waals surface area contributed by atoms with Crippen LogP contribution < -0.4 is 9.80 Å². The summed E-state index contributed by atoms with van der Waals surface area (Å²) in [4.78, 5) is 4.87. The largest absolute Gasteiger partial charge is 0.373 e. The second kappa shape index (κ2) is 6.02. The maximum Gasteiger partial charge on any atom is 0.147 e. The molecule has 1 fully saturated rings. The normalized spacial score (nSPS) is 27.1. The van der Waals surface area contributed by atoms with E-state index in [0.29, 0.717) is 12.8 Å². The average molecular weight is 276 g/mol. The van der Waals surface area contributed by atoms with E-state index < -0.39 is 0 Å². The SMILES string of the molecule is CC1CCN(C)c2ccccc2N1CC1CCOCO1. The number of rotatable bonds is 2. The van der Waals surface area contributed by atoms with Gasteiger partial charge in [0, 0.05) is 26.2 Å². The van der Waals surface area contributed by atoms with Crippen LogP contribution in [0.3, 0.4) is 0 Å². The number of hydrogen-bond donors (Lipinski definition) is 0. The molecule has 0 spiro atoms. The summed E-state index contributed by atoms with van der Waals surface area (Å²) in [5.41, 5.74) is 2.65. The van der Waals surface area contributed by atoms with Crippen LogP contribution in [0.5, 0.6) is 0 Å². The van der Waals surface area contributed by atoms with E-state index in [0.717, 1.165) is 26.1 Å². The van der Waals surface area contributed by atoms with E-state index in [1.807, 2.05) is 0 Å². The summed E-state index contributed by atoms with van der Waals surface area (Å²) in [7, 11) is 2.18. The van der Waals surface area contributed by atoms with Crippen molar-refractivity contribution in [2.45, 2.75) is 31.9 Å². The number of hydrogen-bond acceptors (Lipinski definition) is 4. The van der Waals surface area contributed by atoms with Gasteiger partial charge in [0.2, 0.25) is 0 Å². The molecule has 1 aromatic carbocycles. The lowest BCUT2D eigenvalue weighted by molar-refractivity contribution is -0.135. The summed E-state index contributed by atoms with van der Waals surface area (Å²) in [6, 6.07) is 9.22. The third kappa shape index (κ3) is 2.76. The monoisotopic (exact) mass is 276 g/mol. The van der Waals surface area contributed by atoms with E-state index in [4.69, 9.17) is 9.47 Å². The standard InChI is InChI=1S/C16H24N2O2/c1-13-7-9-17(2)15-5-3-4-6-16(15)18(13)11-14-8-10-19-12-20-14/h3-6,13-14H,7-12H2,1-2H3. The smallest absolute Gasteiger partial charge is 0.147 e. The molecule has 1 aromatic rings. The quantitative estimate of drug-likeness (QED) is 0.828. The lowest BCUT2D eigenvalue weighted by Gasteiger charge is -2.35. The van der Waals surface area contributed by atoms with E-state index in [1.165, 1.54) is 17.8 Å². The van der Waals surface area contributed by atoms with E-state index >= 15 is 0 Å². The fourth-order valence-corrected chi connectivity index (χ4v) is 3.07. The van der Waals surface area contributed by atoms with E-state index in [-0.39, 0.29) is 6.10 Å². The Morgan fingerprint density at radius 2 is 2.00 bits per heavy atom. The maximum absolute atomic E-state index is 5.73. The fourth-order valence-electron chi connectivity index (χ4n) is 3.07. The topological polar surface area (TPSA) is 24.9 Å². The summed E-state index contributed by atoms with van der Waals surface area (Å²) >= 11 is 0. The molecule has 0 aromatic heterocycles. The van der Waals surface area contributed by atoms with Crippen molar-refractivity contribution >= 4 is 11.4 Å². The predicted octanol–water partition coefficient (Wildman–Crippen LogP) is 2.48. The van der Waals surface area contributed by atoms with Crippen LogP contribution in [0.1, 0.15) is 19.8 Å². The van der Waals surface area contributed by atoms with Crippen LogP contribution in [0.4, 0.5) is 11.4 Å². The van der Waals surface area contributed by atoms with E-state index in [1.54, 1.807) is 0 Å². The molecule has 110 valence electrons. The van der Waals surface area contributed by atoms with E-state index in [2.05, 4.69) is 48.0 Å². The summed E-state index contributed by atoms with van der Waals surface area (Å²) in [6.07, 6.45) is 2.44. The van der Waals surface area contributed by atoms with Crippen LogP contribution in [0.15, 0.2) is 24.3 Å². The Morgan fingerprint density at radius 1 is 1.20 bits per heavy atom. The van der Waals surface area contributed by atoms with Gasteiger partial charge in [0.15, 0.2) is 0 Å². The second-order valence-electron chi connectivity index (χ2n) is 5.80. The molecule has 0 N–H and O–H groups in total. The minimum atomic E-state index is 0.280. The molecular formula is C16H24N2O2. The Bertz CT molecular complexity index is 446. The minimum absolute atomic E-state index is 0.280. The Labute approximate surface area is 121 Å². The molecule has 2 aliphatic rings. The molecule has 1 saturated heterocycles. The molecular weight excluding hydrogens is 252 g/mol. The predicted molar refractivity (Wildman–Crippen MR) is 81.4 cm³/mol. The van der Waals surface area contributed by atoms with Crippen LogP contribution in [0, 0.1) is 0 Å². The van der Waals surface area contributed by atoms with E-state index in [9.17, 15) is 0 Å². The van der Waals surface area contributed by atoms with Gasteiger partial charge in [0.05, 0.1) is 24.1 Å². The first-order valence-corrected chi connectivity index (χ1v) is 7.52. The van der Waals surface area contributed by atoms with Crippen molar-refractivity contribution < 1.29 is 9.47 Å². The molecule has 20 heavy (non-hydrogen) atoms. The molecule has 0 radical (unpaired) electrons. The molecule has 2 aliphatic heterocycles. The highest BCUT2D eigenvalue weighted by Gasteiger charge is 2.26. The van der Waals surface area contributed by atoms with Crippen molar-refractivity contribution in [1.82, 2.24) is 0 Å². The molecule has 0 bridgehead atoms. The van der Waals surface area contributed by atoms with Gasteiger partial charge in [-0.15, -0.1) is 0 Å². The molecule has 0 saturated carbocycles. The van der Waals surface area contributed by atoms with Gasteiger partial charge in [-0.2, -0.15) is 0 Å². The Kier molecular flexibility index (Phi) is 4.13. The molecule has 4 nitrogen and oxygen atoms in total. The fraction of sp³-hybridized carbons (Fsp3) is 0.625. The first kappa shape index (κ1) is 13.7. The number of fused-ring (bicyclic) bond motifs is 1. The summed E-state index contributed by atoms with van der Waals surface area (Å²) < 4.78 is 11.0. The van der Waals surface area contributed by atoms with Crippen molar-refractivity contribution in [2.75, 3.05) is 43.3 Å². The molecule has 0 amide bonds. The number of nitrogens with zero attached hydrogens (tertiary/aromatic N) is 2. The zero-order valence-corrected chi connectivity index (χ0v) is 12.4. The lowest BCUT2D eigenvalue weighted by atomic mass is 10.1. The maximum atomic E-state index is 5.73. The number of para-hydroxylation sites is 2. The summed E-state index contributed by atoms with van der Waals surface area (Å²) in [6.45, 7) is 5.62. The highest BCUT2D eigenvalue weighted by atomic mass is 16.7. The molecule has 4 heteroatoms. The Balaban J connectivity index is 1.84. The Hall–Kier alpha value is -1.26. The third-order valence-corrected chi connectivity index (χ3v) is 4.39. The van der Waals surface area contributed by atoms with Crippen molar-refractivity contribution in [3.8, 4) is 0 Å². The van der Waals surface area contributed by atoms with Crippen molar-refractivity contribution in [2.24, 2.45) is 0 Å². The zero-order chi connectivity index (χ0) is 13.9. The number of anilines is 2. The Morgan fingerprint density at radius 3 is 2.75 bits per heavy atom. The van der Waals surface area contributed by atoms with Crippen LogP contribution in [0.25, 0.3) is 0 Å². The third-order valence-electron chi connectivity index (χ3n) is 4.39. The molecule has 0 aliphatic carbocycles. The zero-order valence-electron chi connectivity index (χ0n) is 12.4. The molecule has 2 atom stereocenters. The van der Waals surface area contributed by atoms with Crippen LogP contribution >= 0.6 is 0 Å². The van der Waals surface area contributed by atoms with Crippen LogP contribution in [0.2, 0.25) is 0 Å².